The van der Waals surface area contributed by atoms with E-state index in [4.69, 9.17) is 5.73 Å². The van der Waals surface area contributed by atoms with E-state index in [-0.39, 0.29) is 11.5 Å². The third-order valence-corrected chi connectivity index (χ3v) is 3.32. The Kier molecular flexibility index (Phi) is 2.49. The van der Waals surface area contributed by atoms with Gasteiger partial charge in [0.25, 0.3) is 0 Å². The van der Waals surface area contributed by atoms with Crippen LogP contribution in [0.1, 0.15) is 9.75 Å². The lowest BCUT2D eigenvalue weighted by molar-refractivity contribution is 0.633. The Morgan fingerprint density at radius 2 is 1.93 bits per heavy atom. The van der Waals surface area contributed by atoms with E-state index in [0.717, 1.165) is 11.1 Å². The van der Waals surface area contributed by atoms with E-state index in [1.165, 1.54) is 15.8 Å². The molecule has 0 aliphatic heterocycles. The monoisotopic (exact) mass is 221 g/mol. The van der Waals surface area contributed by atoms with Gasteiger partial charge in [0, 0.05) is 9.75 Å². The van der Waals surface area contributed by atoms with Crippen LogP contribution in [0.25, 0.3) is 11.1 Å². The number of halogens is 1. The summed E-state index contributed by atoms with van der Waals surface area (Å²) in [5.41, 5.74) is 7.62. The standard InChI is InChI=1S/C12H12FNS/c1-7-5-10(8(2)15-7)9-3-4-12(14)11(13)6-9/h3-6H,14H2,1-2H3. The van der Waals surface area contributed by atoms with Crippen LogP contribution in [0.5, 0.6) is 0 Å². The van der Waals surface area contributed by atoms with Crippen molar-refractivity contribution in [3.8, 4) is 11.1 Å². The molecule has 2 aromatic rings. The van der Waals surface area contributed by atoms with Crippen LogP contribution < -0.4 is 5.73 Å². The minimum atomic E-state index is -0.351. The third kappa shape index (κ3) is 1.88. The second kappa shape index (κ2) is 3.66. The summed E-state index contributed by atoms with van der Waals surface area (Å²) < 4.78 is 13.3. The normalized spacial score (nSPS) is 10.6. The molecule has 0 atom stereocenters. The first-order valence-corrected chi connectivity index (χ1v) is 5.52. The van der Waals surface area contributed by atoms with Crippen molar-refractivity contribution < 1.29 is 4.39 Å². The highest BCUT2D eigenvalue weighted by molar-refractivity contribution is 7.12. The summed E-state index contributed by atoms with van der Waals surface area (Å²) in [6.07, 6.45) is 0. The highest BCUT2D eigenvalue weighted by atomic mass is 32.1. The van der Waals surface area contributed by atoms with E-state index in [1.54, 1.807) is 17.4 Å². The lowest BCUT2D eigenvalue weighted by atomic mass is 10.1. The van der Waals surface area contributed by atoms with Gasteiger partial charge in [-0.15, -0.1) is 11.3 Å². The molecule has 0 spiro atoms. The molecule has 15 heavy (non-hydrogen) atoms. The van der Waals surface area contributed by atoms with Crippen LogP contribution >= 0.6 is 11.3 Å². The van der Waals surface area contributed by atoms with Crippen molar-refractivity contribution in [3.05, 3.63) is 39.8 Å². The Balaban J connectivity index is 2.54. The van der Waals surface area contributed by atoms with Gasteiger partial charge in [0.15, 0.2) is 0 Å². The quantitative estimate of drug-likeness (QED) is 0.729. The third-order valence-electron chi connectivity index (χ3n) is 2.35. The van der Waals surface area contributed by atoms with Crippen molar-refractivity contribution in [2.24, 2.45) is 0 Å². The fraction of sp³-hybridized carbons (Fsp3) is 0.167. The van der Waals surface area contributed by atoms with Crippen LogP contribution in [0.2, 0.25) is 0 Å². The molecule has 0 unspecified atom stereocenters. The van der Waals surface area contributed by atoms with Crippen molar-refractivity contribution >= 4 is 17.0 Å². The van der Waals surface area contributed by atoms with Gasteiger partial charge in [-0.25, -0.2) is 4.39 Å². The van der Waals surface area contributed by atoms with E-state index in [2.05, 4.69) is 13.0 Å². The van der Waals surface area contributed by atoms with Gasteiger partial charge in [-0.1, -0.05) is 6.07 Å². The highest BCUT2D eigenvalue weighted by Crippen LogP contribution is 2.31. The minimum Gasteiger partial charge on any atom is -0.396 e. The molecule has 0 saturated carbocycles. The molecule has 2 N–H and O–H groups in total. The first-order valence-electron chi connectivity index (χ1n) is 4.70. The fourth-order valence-corrected chi connectivity index (χ4v) is 2.56. The molecule has 2 rings (SSSR count). The first-order chi connectivity index (χ1) is 7.08. The van der Waals surface area contributed by atoms with Gasteiger partial charge in [0.1, 0.15) is 5.82 Å². The smallest absolute Gasteiger partial charge is 0.146 e. The fourth-order valence-electron chi connectivity index (χ4n) is 1.61. The highest BCUT2D eigenvalue weighted by Gasteiger charge is 2.07. The maximum absolute atomic E-state index is 13.3. The Bertz CT molecular complexity index is 502. The molecule has 0 amide bonds. The Morgan fingerprint density at radius 3 is 2.47 bits per heavy atom. The zero-order chi connectivity index (χ0) is 11.0. The maximum atomic E-state index is 13.3. The molecule has 78 valence electrons. The van der Waals surface area contributed by atoms with Crippen LogP contribution in [0.4, 0.5) is 10.1 Å². The number of hydrogen-bond donors (Lipinski definition) is 1. The molecule has 0 saturated heterocycles. The van der Waals surface area contributed by atoms with Crippen LogP contribution in [0, 0.1) is 19.7 Å². The van der Waals surface area contributed by atoms with Gasteiger partial charge in [0.05, 0.1) is 5.69 Å². The zero-order valence-electron chi connectivity index (χ0n) is 8.67. The predicted octanol–water partition coefficient (Wildman–Crippen LogP) is 3.75. The lowest BCUT2D eigenvalue weighted by Crippen LogP contribution is -1.90. The van der Waals surface area contributed by atoms with Crippen molar-refractivity contribution in [2.75, 3.05) is 5.73 Å². The minimum absolute atomic E-state index is 0.198. The molecule has 0 aliphatic rings. The number of aryl methyl sites for hydroxylation is 2. The second-order valence-corrected chi connectivity index (χ2v) is 5.02. The van der Waals surface area contributed by atoms with Gasteiger partial charge < -0.3 is 5.73 Å². The summed E-state index contributed by atoms with van der Waals surface area (Å²) in [6, 6.07) is 7.03. The van der Waals surface area contributed by atoms with Gasteiger partial charge in [-0.2, -0.15) is 0 Å². The molecule has 0 radical (unpaired) electrons. The van der Waals surface area contributed by atoms with Crippen LogP contribution in [0.15, 0.2) is 24.3 Å². The number of nitrogen functional groups attached to an aromatic ring is 1. The SMILES string of the molecule is Cc1cc(-c2ccc(N)c(F)c2)c(C)s1. The van der Waals surface area contributed by atoms with Gasteiger partial charge in [-0.05, 0) is 43.2 Å². The zero-order valence-corrected chi connectivity index (χ0v) is 9.49. The average Bonchev–Trinajstić information content (AvgIpc) is 2.50. The summed E-state index contributed by atoms with van der Waals surface area (Å²) in [6.45, 7) is 4.09. The number of anilines is 1. The largest absolute Gasteiger partial charge is 0.396 e. The number of thiophene rings is 1. The van der Waals surface area contributed by atoms with E-state index in [9.17, 15) is 4.39 Å². The van der Waals surface area contributed by atoms with Crippen molar-refractivity contribution in [2.45, 2.75) is 13.8 Å². The topological polar surface area (TPSA) is 26.0 Å². The number of benzene rings is 1. The Labute approximate surface area is 92.4 Å². The summed E-state index contributed by atoms with van der Waals surface area (Å²) in [5.74, 6) is -0.351. The van der Waals surface area contributed by atoms with Crippen molar-refractivity contribution in [1.29, 1.82) is 0 Å². The van der Waals surface area contributed by atoms with Gasteiger partial charge in [0.2, 0.25) is 0 Å². The molecule has 0 aliphatic carbocycles. The molecule has 0 bridgehead atoms. The van der Waals surface area contributed by atoms with Gasteiger partial charge >= 0.3 is 0 Å². The molecule has 3 heteroatoms. The summed E-state index contributed by atoms with van der Waals surface area (Å²) in [4.78, 5) is 2.44. The van der Waals surface area contributed by atoms with E-state index >= 15 is 0 Å². The molecular formula is C12H12FNS. The Hall–Kier alpha value is -1.35. The second-order valence-electron chi connectivity index (χ2n) is 3.56. The molecule has 1 heterocycles. The molecular weight excluding hydrogens is 209 g/mol. The molecule has 0 fully saturated rings. The number of nitrogens with two attached hydrogens (primary N) is 1. The molecule has 1 nitrogen and oxygen atoms in total. The number of rotatable bonds is 1. The molecule has 1 aromatic carbocycles. The van der Waals surface area contributed by atoms with E-state index < -0.39 is 0 Å². The summed E-state index contributed by atoms with van der Waals surface area (Å²) >= 11 is 1.72. The van der Waals surface area contributed by atoms with E-state index in [1.807, 2.05) is 13.0 Å². The van der Waals surface area contributed by atoms with Crippen LogP contribution in [-0.4, -0.2) is 0 Å². The van der Waals surface area contributed by atoms with Crippen LogP contribution in [0.3, 0.4) is 0 Å². The summed E-state index contributed by atoms with van der Waals surface area (Å²) in [5, 5.41) is 0. The van der Waals surface area contributed by atoms with Crippen LogP contribution in [-0.2, 0) is 0 Å². The Morgan fingerprint density at radius 1 is 1.20 bits per heavy atom. The maximum Gasteiger partial charge on any atom is 0.146 e. The van der Waals surface area contributed by atoms with Crippen molar-refractivity contribution in [1.82, 2.24) is 0 Å². The van der Waals surface area contributed by atoms with E-state index in [0.29, 0.717) is 0 Å². The predicted molar refractivity (Wildman–Crippen MR) is 63.6 cm³/mol. The molecule has 1 aromatic heterocycles. The average molecular weight is 221 g/mol. The van der Waals surface area contributed by atoms with Gasteiger partial charge in [-0.3, -0.25) is 0 Å². The number of hydrogen-bond acceptors (Lipinski definition) is 2. The first kappa shape index (κ1) is 10.2. The lowest BCUT2D eigenvalue weighted by Gasteiger charge is -2.02. The summed E-state index contributed by atoms with van der Waals surface area (Å²) in [7, 11) is 0. The van der Waals surface area contributed by atoms with Crippen molar-refractivity contribution in [3.63, 3.8) is 0 Å².